The van der Waals surface area contributed by atoms with Crippen LogP contribution in [0.1, 0.15) is 18.4 Å². The lowest BCUT2D eigenvalue weighted by Crippen LogP contribution is -2.27. The van der Waals surface area contributed by atoms with Crippen molar-refractivity contribution in [2.45, 2.75) is 19.8 Å². The summed E-state index contributed by atoms with van der Waals surface area (Å²) in [5, 5.41) is 0. The number of aryl methyl sites for hydroxylation is 1. The fraction of sp³-hybridized carbons (Fsp3) is 0.571. The molecule has 18 heavy (non-hydrogen) atoms. The zero-order valence-corrected chi connectivity index (χ0v) is 12.8. The first-order valence-electron chi connectivity index (χ1n) is 6.60. The van der Waals surface area contributed by atoms with Crippen LogP contribution in [0.3, 0.4) is 0 Å². The number of halogens is 1. The summed E-state index contributed by atoms with van der Waals surface area (Å²) in [6.45, 7) is 6.17. The maximum Gasteiger partial charge on any atom is 0.0748 e. The summed E-state index contributed by atoms with van der Waals surface area (Å²) >= 11 is 3.73. The lowest BCUT2D eigenvalue weighted by atomic mass is 10.1. The monoisotopic (exact) mass is 311 g/mol. The lowest BCUT2D eigenvalue weighted by molar-refractivity contribution is 0.709. The molecule has 1 aliphatic rings. The van der Waals surface area contributed by atoms with Crippen LogP contribution >= 0.6 is 15.9 Å². The van der Waals surface area contributed by atoms with E-state index >= 15 is 0 Å². The minimum Gasteiger partial charge on any atom is -0.373 e. The quantitative estimate of drug-likeness (QED) is 0.931. The number of nitrogens with zero attached hydrogens (tertiary/aromatic N) is 2. The van der Waals surface area contributed by atoms with E-state index in [4.69, 9.17) is 5.73 Å². The Morgan fingerprint density at radius 3 is 2.83 bits per heavy atom. The van der Waals surface area contributed by atoms with Crippen molar-refractivity contribution in [3.05, 3.63) is 22.2 Å². The first-order chi connectivity index (χ1) is 8.63. The number of fused-ring (bicyclic) bond motifs is 1. The Bertz CT molecular complexity index is 420. The van der Waals surface area contributed by atoms with Crippen molar-refractivity contribution in [1.29, 1.82) is 0 Å². The van der Waals surface area contributed by atoms with Crippen molar-refractivity contribution in [2.75, 3.05) is 43.0 Å². The number of rotatable bonds is 3. The molecule has 100 valence electrons. The van der Waals surface area contributed by atoms with Crippen LogP contribution < -0.4 is 15.5 Å². The number of nitrogens with two attached hydrogens (primary N) is 1. The van der Waals surface area contributed by atoms with E-state index in [9.17, 15) is 0 Å². The van der Waals surface area contributed by atoms with Crippen LogP contribution in [0.5, 0.6) is 0 Å². The van der Waals surface area contributed by atoms with Gasteiger partial charge in [-0.1, -0.05) is 0 Å². The van der Waals surface area contributed by atoms with Crippen LogP contribution in [-0.2, 0) is 0 Å². The molecule has 4 heteroatoms. The Morgan fingerprint density at radius 1 is 1.33 bits per heavy atom. The molecule has 1 aromatic carbocycles. The summed E-state index contributed by atoms with van der Waals surface area (Å²) in [6, 6.07) is 4.48. The van der Waals surface area contributed by atoms with E-state index in [0.29, 0.717) is 0 Å². The lowest BCUT2D eigenvalue weighted by Gasteiger charge is -2.27. The molecule has 0 amide bonds. The van der Waals surface area contributed by atoms with Crippen molar-refractivity contribution in [2.24, 2.45) is 5.73 Å². The highest BCUT2D eigenvalue weighted by molar-refractivity contribution is 9.10. The molecule has 0 saturated heterocycles. The third-order valence-electron chi connectivity index (χ3n) is 3.47. The van der Waals surface area contributed by atoms with Crippen LogP contribution in [0.4, 0.5) is 11.4 Å². The van der Waals surface area contributed by atoms with E-state index in [2.05, 4.69) is 51.8 Å². The molecule has 0 radical (unpaired) electrons. The SMILES string of the molecule is Cc1cc(Br)c2c(c1)N(C)CCCN2CCCN. The molecule has 2 rings (SSSR count). The van der Waals surface area contributed by atoms with Gasteiger partial charge in [0.2, 0.25) is 0 Å². The average Bonchev–Trinajstić information content (AvgIpc) is 2.47. The Balaban J connectivity index is 2.41. The molecule has 0 saturated carbocycles. The molecule has 0 fully saturated rings. The van der Waals surface area contributed by atoms with Gasteiger partial charge in [0.1, 0.15) is 0 Å². The fourth-order valence-corrected chi connectivity index (χ4v) is 3.37. The van der Waals surface area contributed by atoms with Gasteiger partial charge in [-0.25, -0.2) is 0 Å². The first kappa shape index (κ1) is 13.7. The highest BCUT2D eigenvalue weighted by Crippen LogP contribution is 2.39. The second kappa shape index (κ2) is 5.93. The Hall–Kier alpha value is -0.740. The number of anilines is 2. The minimum absolute atomic E-state index is 0.755. The smallest absolute Gasteiger partial charge is 0.0748 e. The summed E-state index contributed by atoms with van der Waals surface area (Å²) in [7, 11) is 2.18. The fourth-order valence-electron chi connectivity index (χ4n) is 2.56. The summed E-state index contributed by atoms with van der Waals surface area (Å²) in [5.74, 6) is 0. The third kappa shape index (κ3) is 2.81. The Morgan fingerprint density at radius 2 is 2.11 bits per heavy atom. The molecular formula is C14H22BrN3. The zero-order chi connectivity index (χ0) is 13.1. The molecule has 1 heterocycles. The van der Waals surface area contributed by atoms with Gasteiger partial charge in [-0.3, -0.25) is 0 Å². The standard InChI is InChI=1S/C14H22BrN3/c1-11-9-12(15)14-13(10-11)17(2)6-4-8-18(14)7-3-5-16/h9-10H,3-8,16H2,1-2H3. The van der Waals surface area contributed by atoms with Crippen LogP contribution in [0.15, 0.2) is 16.6 Å². The highest BCUT2D eigenvalue weighted by Gasteiger charge is 2.20. The molecule has 2 N–H and O–H groups in total. The van der Waals surface area contributed by atoms with Crippen molar-refractivity contribution >= 4 is 27.3 Å². The highest BCUT2D eigenvalue weighted by atomic mass is 79.9. The summed E-state index contributed by atoms with van der Waals surface area (Å²) < 4.78 is 1.20. The minimum atomic E-state index is 0.755. The van der Waals surface area contributed by atoms with E-state index in [0.717, 1.165) is 32.6 Å². The molecule has 0 aromatic heterocycles. The molecule has 0 spiro atoms. The molecule has 0 aliphatic carbocycles. The molecule has 3 nitrogen and oxygen atoms in total. The predicted octanol–water partition coefficient (Wildman–Crippen LogP) is 2.75. The molecule has 0 bridgehead atoms. The van der Waals surface area contributed by atoms with E-state index in [1.165, 1.54) is 27.8 Å². The number of hydrogen-bond acceptors (Lipinski definition) is 3. The van der Waals surface area contributed by atoms with Gasteiger partial charge in [-0.05, 0) is 59.9 Å². The van der Waals surface area contributed by atoms with E-state index in [1.807, 2.05) is 0 Å². The van der Waals surface area contributed by atoms with E-state index < -0.39 is 0 Å². The molecule has 0 atom stereocenters. The summed E-state index contributed by atoms with van der Waals surface area (Å²) in [4.78, 5) is 4.82. The number of hydrogen-bond donors (Lipinski definition) is 1. The van der Waals surface area contributed by atoms with Gasteiger partial charge in [-0.15, -0.1) is 0 Å². The van der Waals surface area contributed by atoms with Gasteiger partial charge in [0.25, 0.3) is 0 Å². The van der Waals surface area contributed by atoms with E-state index in [-0.39, 0.29) is 0 Å². The maximum absolute atomic E-state index is 5.65. The predicted molar refractivity (Wildman–Crippen MR) is 82.7 cm³/mol. The summed E-state index contributed by atoms with van der Waals surface area (Å²) in [6.07, 6.45) is 2.24. The Labute approximate surface area is 118 Å². The van der Waals surface area contributed by atoms with Gasteiger partial charge in [-0.2, -0.15) is 0 Å². The van der Waals surface area contributed by atoms with E-state index in [1.54, 1.807) is 0 Å². The van der Waals surface area contributed by atoms with Crippen molar-refractivity contribution < 1.29 is 0 Å². The second-order valence-corrected chi connectivity index (χ2v) is 5.87. The molecular weight excluding hydrogens is 290 g/mol. The van der Waals surface area contributed by atoms with Crippen molar-refractivity contribution in [1.82, 2.24) is 0 Å². The van der Waals surface area contributed by atoms with Crippen LogP contribution in [-0.4, -0.2) is 33.2 Å². The zero-order valence-electron chi connectivity index (χ0n) is 11.2. The largest absolute Gasteiger partial charge is 0.373 e. The van der Waals surface area contributed by atoms with Gasteiger partial charge < -0.3 is 15.5 Å². The molecule has 1 aromatic rings. The first-order valence-corrected chi connectivity index (χ1v) is 7.39. The van der Waals surface area contributed by atoms with Gasteiger partial charge in [0, 0.05) is 31.2 Å². The van der Waals surface area contributed by atoms with Crippen LogP contribution in [0.2, 0.25) is 0 Å². The van der Waals surface area contributed by atoms with Crippen LogP contribution in [0, 0.1) is 6.92 Å². The van der Waals surface area contributed by atoms with Crippen molar-refractivity contribution in [3.63, 3.8) is 0 Å². The normalized spacial score (nSPS) is 15.6. The van der Waals surface area contributed by atoms with Gasteiger partial charge in [0.15, 0.2) is 0 Å². The van der Waals surface area contributed by atoms with Crippen molar-refractivity contribution in [3.8, 4) is 0 Å². The third-order valence-corrected chi connectivity index (χ3v) is 4.07. The second-order valence-electron chi connectivity index (χ2n) is 5.02. The van der Waals surface area contributed by atoms with Gasteiger partial charge >= 0.3 is 0 Å². The maximum atomic E-state index is 5.65. The average molecular weight is 312 g/mol. The number of benzene rings is 1. The molecule has 0 unspecified atom stereocenters. The van der Waals surface area contributed by atoms with Gasteiger partial charge in [0.05, 0.1) is 11.4 Å². The molecule has 1 aliphatic heterocycles. The Kier molecular flexibility index (Phi) is 4.51. The summed E-state index contributed by atoms with van der Waals surface area (Å²) in [5.41, 5.74) is 9.60. The topological polar surface area (TPSA) is 32.5 Å². The van der Waals surface area contributed by atoms with Crippen LogP contribution in [0.25, 0.3) is 0 Å².